The van der Waals surface area contributed by atoms with Crippen molar-refractivity contribution < 1.29 is 14.3 Å². The number of amides is 1. The van der Waals surface area contributed by atoms with E-state index in [1.54, 1.807) is 56.4 Å². The van der Waals surface area contributed by atoms with E-state index >= 15 is 0 Å². The summed E-state index contributed by atoms with van der Waals surface area (Å²) in [6.07, 6.45) is 8.94. The molecule has 1 unspecified atom stereocenters. The van der Waals surface area contributed by atoms with Gasteiger partial charge in [-0.3, -0.25) is 14.3 Å². The van der Waals surface area contributed by atoms with Gasteiger partial charge in [0.15, 0.2) is 29.7 Å². The lowest BCUT2D eigenvalue weighted by atomic mass is 10.2. The Bertz CT molecular complexity index is 1290. The molecule has 33 heavy (non-hydrogen) atoms. The summed E-state index contributed by atoms with van der Waals surface area (Å²) < 4.78 is 11.3. The number of aromatic amines is 1. The number of quaternary nitrogens is 1. The second-order valence-electron chi connectivity index (χ2n) is 7.60. The van der Waals surface area contributed by atoms with Crippen LogP contribution in [-0.4, -0.2) is 52.8 Å². The van der Waals surface area contributed by atoms with Crippen molar-refractivity contribution in [1.82, 2.24) is 24.1 Å². The summed E-state index contributed by atoms with van der Waals surface area (Å²) in [5, 5.41) is 13.9. The van der Waals surface area contributed by atoms with Crippen LogP contribution in [0.2, 0.25) is 0 Å². The first-order chi connectivity index (χ1) is 15.9. The molecule has 0 spiro atoms. The maximum absolute atomic E-state index is 13.9. The van der Waals surface area contributed by atoms with Crippen LogP contribution < -0.4 is 14.1 Å². The van der Waals surface area contributed by atoms with Gasteiger partial charge in [0, 0.05) is 30.6 Å². The number of aromatic nitrogens is 3. The number of ether oxygens (including phenoxy) is 2. The number of rotatable bonds is 5. The standard InChI is InChI=1S/C24H23N5O4/c1-5-12-28-16-29(31,15-18-10-11-25-14-18)23-22(24(28)30)27(2)21(26-23)9-7-17-6-8-19(32-3)20(13-17)33-4/h1,6,8,10-11,13-14,25H,12,15-16H2,2-4H3. The minimum atomic E-state index is -0.841. The number of carbonyl (C=O) groups excluding carboxylic acids is 1. The van der Waals surface area contributed by atoms with Gasteiger partial charge in [0.25, 0.3) is 11.7 Å². The Labute approximate surface area is 191 Å². The van der Waals surface area contributed by atoms with Crippen molar-refractivity contribution in [3.63, 3.8) is 0 Å². The lowest BCUT2D eigenvalue weighted by molar-refractivity contribution is 0.0641. The zero-order valence-electron chi connectivity index (χ0n) is 18.6. The summed E-state index contributed by atoms with van der Waals surface area (Å²) in [7, 11) is 4.77. The molecule has 0 aliphatic carbocycles. The molecule has 0 saturated carbocycles. The summed E-state index contributed by atoms with van der Waals surface area (Å²) in [5.74, 6) is 9.69. The molecule has 0 saturated heterocycles. The number of fused-ring (bicyclic) bond motifs is 1. The molecule has 2 aromatic heterocycles. The van der Waals surface area contributed by atoms with Crippen LogP contribution in [0.15, 0.2) is 36.7 Å². The number of hydrogen-bond acceptors (Lipinski definition) is 5. The predicted molar refractivity (Wildman–Crippen MR) is 123 cm³/mol. The van der Waals surface area contributed by atoms with E-state index in [0.29, 0.717) is 22.9 Å². The van der Waals surface area contributed by atoms with E-state index in [4.69, 9.17) is 15.9 Å². The highest BCUT2D eigenvalue weighted by Crippen LogP contribution is 2.34. The molecular formula is C24H23N5O4. The number of nitrogens with zero attached hydrogens (tertiary/aromatic N) is 4. The number of methoxy groups -OCH3 is 2. The molecule has 0 radical (unpaired) electrons. The van der Waals surface area contributed by atoms with E-state index in [9.17, 15) is 10.0 Å². The molecule has 1 aromatic carbocycles. The number of H-pyrrole nitrogens is 1. The van der Waals surface area contributed by atoms with E-state index in [1.165, 1.54) is 4.90 Å². The van der Waals surface area contributed by atoms with Gasteiger partial charge in [0.2, 0.25) is 0 Å². The average molecular weight is 445 g/mol. The number of terminal acetylenes is 1. The van der Waals surface area contributed by atoms with Gasteiger partial charge >= 0.3 is 0 Å². The minimum absolute atomic E-state index is 0.0332. The summed E-state index contributed by atoms with van der Waals surface area (Å²) in [6.45, 7) is 0.0106. The Kier molecular flexibility index (Phi) is 5.84. The van der Waals surface area contributed by atoms with Gasteiger partial charge < -0.3 is 24.2 Å². The Morgan fingerprint density at radius 3 is 2.70 bits per heavy atom. The third kappa shape index (κ3) is 4.03. The number of imidazole rings is 1. The zero-order chi connectivity index (χ0) is 23.6. The van der Waals surface area contributed by atoms with Crippen molar-refractivity contribution in [1.29, 1.82) is 0 Å². The van der Waals surface area contributed by atoms with E-state index in [2.05, 4.69) is 27.7 Å². The second kappa shape index (κ2) is 8.75. The van der Waals surface area contributed by atoms with Crippen LogP contribution in [0.1, 0.15) is 27.4 Å². The number of benzene rings is 1. The first kappa shape index (κ1) is 22.0. The SMILES string of the molecule is C#CCN1C[N+]([O-])(Cc2cc[nH]c2)c2nc(C#Cc3ccc(OC)c(OC)c3)n(C)c2C1=O. The van der Waals surface area contributed by atoms with Gasteiger partial charge in [0.1, 0.15) is 6.54 Å². The Morgan fingerprint density at radius 2 is 2.03 bits per heavy atom. The van der Waals surface area contributed by atoms with E-state index in [0.717, 1.165) is 5.56 Å². The lowest BCUT2D eigenvalue weighted by Gasteiger charge is -2.45. The molecule has 3 heterocycles. The van der Waals surface area contributed by atoms with Gasteiger partial charge in [0.05, 0.1) is 20.8 Å². The molecule has 0 fully saturated rings. The van der Waals surface area contributed by atoms with Crippen molar-refractivity contribution >= 4 is 11.7 Å². The van der Waals surface area contributed by atoms with Gasteiger partial charge in [-0.15, -0.1) is 6.42 Å². The van der Waals surface area contributed by atoms with Gasteiger partial charge in [-0.2, -0.15) is 4.98 Å². The number of carbonyl (C=O) groups is 1. The molecule has 1 amide bonds. The van der Waals surface area contributed by atoms with Crippen LogP contribution in [0.4, 0.5) is 5.82 Å². The second-order valence-corrected chi connectivity index (χ2v) is 7.60. The topological polar surface area (TPSA) is 95.4 Å². The van der Waals surface area contributed by atoms with E-state index in [-0.39, 0.29) is 37.2 Å². The molecule has 1 aliphatic rings. The zero-order valence-corrected chi connectivity index (χ0v) is 18.6. The number of nitrogens with one attached hydrogen (secondary N) is 1. The highest BCUT2D eigenvalue weighted by molar-refractivity contribution is 5.99. The van der Waals surface area contributed by atoms with Crippen molar-refractivity contribution in [2.45, 2.75) is 6.54 Å². The van der Waals surface area contributed by atoms with Crippen molar-refractivity contribution in [2.24, 2.45) is 7.05 Å². The minimum Gasteiger partial charge on any atom is -0.625 e. The van der Waals surface area contributed by atoms with Gasteiger partial charge in [-0.25, -0.2) is 0 Å². The molecule has 168 valence electrons. The summed E-state index contributed by atoms with van der Waals surface area (Å²) in [4.78, 5) is 21.9. The maximum atomic E-state index is 13.9. The Balaban J connectivity index is 1.77. The summed E-state index contributed by atoms with van der Waals surface area (Å²) >= 11 is 0. The fourth-order valence-corrected chi connectivity index (χ4v) is 3.83. The predicted octanol–water partition coefficient (Wildman–Crippen LogP) is 2.22. The molecule has 3 aromatic rings. The summed E-state index contributed by atoms with van der Waals surface area (Å²) in [6, 6.07) is 7.11. The van der Waals surface area contributed by atoms with Crippen LogP contribution >= 0.6 is 0 Å². The molecule has 9 nitrogen and oxygen atoms in total. The van der Waals surface area contributed by atoms with Crippen LogP contribution in [0.3, 0.4) is 0 Å². The highest BCUT2D eigenvalue weighted by Gasteiger charge is 2.42. The number of hydroxylamine groups is 2. The molecule has 1 atom stereocenters. The van der Waals surface area contributed by atoms with Gasteiger partial charge in [-0.1, -0.05) is 11.8 Å². The van der Waals surface area contributed by atoms with Crippen LogP contribution in [0, 0.1) is 29.4 Å². The van der Waals surface area contributed by atoms with Gasteiger partial charge in [-0.05, 0) is 30.2 Å². The van der Waals surface area contributed by atoms with Crippen molar-refractivity contribution in [3.8, 4) is 35.7 Å². The largest absolute Gasteiger partial charge is 0.625 e. The molecule has 4 rings (SSSR count). The molecule has 1 aliphatic heterocycles. The van der Waals surface area contributed by atoms with E-state index in [1.807, 2.05) is 6.07 Å². The quantitative estimate of drug-likeness (QED) is 0.369. The molecule has 9 heteroatoms. The maximum Gasteiger partial charge on any atom is 0.283 e. The molecular weight excluding hydrogens is 422 g/mol. The first-order valence-electron chi connectivity index (χ1n) is 10.1. The van der Waals surface area contributed by atoms with Crippen molar-refractivity contribution in [2.75, 3.05) is 27.4 Å². The Hall–Kier alpha value is -4.18. The fourth-order valence-electron chi connectivity index (χ4n) is 3.83. The average Bonchev–Trinajstić information content (AvgIpc) is 3.44. The number of hydrogen-bond donors (Lipinski definition) is 1. The van der Waals surface area contributed by atoms with Crippen LogP contribution in [0.5, 0.6) is 11.5 Å². The normalized spacial score (nSPS) is 17.1. The fraction of sp³-hybridized carbons (Fsp3) is 0.250. The molecule has 1 N–H and O–H groups in total. The van der Waals surface area contributed by atoms with E-state index < -0.39 is 4.65 Å². The highest BCUT2D eigenvalue weighted by atomic mass is 16.6. The summed E-state index contributed by atoms with van der Waals surface area (Å²) in [5.41, 5.74) is 1.66. The molecule has 0 bridgehead atoms. The third-order valence-corrected chi connectivity index (χ3v) is 5.44. The monoisotopic (exact) mass is 445 g/mol. The third-order valence-electron chi connectivity index (χ3n) is 5.44. The van der Waals surface area contributed by atoms with Crippen LogP contribution in [0.25, 0.3) is 0 Å². The van der Waals surface area contributed by atoms with Crippen LogP contribution in [-0.2, 0) is 13.6 Å². The smallest absolute Gasteiger partial charge is 0.283 e. The first-order valence-corrected chi connectivity index (χ1v) is 10.1. The van der Waals surface area contributed by atoms with Crippen molar-refractivity contribution in [3.05, 3.63) is 64.5 Å². The Morgan fingerprint density at radius 1 is 1.24 bits per heavy atom. The lowest BCUT2D eigenvalue weighted by Crippen LogP contribution is -2.57.